The van der Waals surface area contributed by atoms with Gasteiger partial charge in [0, 0.05) is 25.1 Å². The van der Waals surface area contributed by atoms with Gasteiger partial charge >= 0.3 is 0 Å². The van der Waals surface area contributed by atoms with Crippen LogP contribution in [0.5, 0.6) is 0 Å². The number of fused-ring (bicyclic) bond motifs is 1. The highest BCUT2D eigenvalue weighted by Crippen LogP contribution is 2.28. The number of piperidine rings is 1. The molecule has 0 spiro atoms. The van der Waals surface area contributed by atoms with E-state index in [9.17, 15) is 14.4 Å². The molecule has 1 atom stereocenters. The minimum absolute atomic E-state index is 0.120. The van der Waals surface area contributed by atoms with Crippen molar-refractivity contribution >= 4 is 17.7 Å². The summed E-state index contributed by atoms with van der Waals surface area (Å²) in [5.74, 6) is -0.757. The van der Waals surface area contributed by atoms with Crippen LogP contribution in [0, 0.1) is 0 Å². The van der Waals surface area contributed by atoms with E-state index in [1.165, 1.54) is 5.56 Å². The number of unbranched alkanes of at least 4 members (excludes halogenated alkanes) is 4. The summed E-state index contributed by atoms with van der Waals surface area (Å²) in [6, 6.07) is 5.39. The van der Waals surface area contributed by atoms with Crippen LogP contribution in [0.25, 0.3) is 0 Å². The maximum atomic E-state index is 12.6. The summed E-state index contributed by atoms with van der Waals surface area (Å²) >= 11 is 0. The first-order valence-corrected chi connectivity index (χ1v) is 9.47. The van der Waals surface area contributed by atoms with Crippen LogP contribution in [0.15, 0.2) is 18.2 Å². The first-order valence-electron chi connectivity index (χ1n) is 9.47. The van der Waals surface area contributed by atoms with Crippen molar-refractivity contribution < 1.29 is 19.5 Å². The Labute approximate surface area is 153 Å². The first-order chi connectivity index (χ1) is 12.6. The van der Waals surface area contributed by atoms with E-state index in [-0.39, 0.29) is 30.7 Å². The van der Waals surface area contributed by atoms with Crippen LogP contribution in [0.2, 0.25) is 0 Å². The highest BCUT2D eigenvalue weighted by atomic mass is 16.3. The molecule has 1 aromatic rings. The number of imide groups is 1. The topological polar surface area (TPSA) is 86.7 Å². The van der Waals surface area contributed by atoms with Crippen LogP contribution in [-0.4, -0.2) is 40.4 Å². The molecule has 1 aromatic carbocycles. The Bertz CT molecular complexity index is 701. The highest BCUT2D eigenvalue weighted by molar-refractivity contribution is 6.05. The van der Waals surface area contributed by atoms with Gasteiger partial charge in [-0.2, -0.15) is 0 Å². The van der Waals surface area contributed by atoms with Gasteiger partial charge in [-0.05, 0) is 42.9 Å². The number of nitrogens with zero attached hydrogens (tertiary/aromatic N) is 1. The van der Waals surface area contributed by atoms with Crippen molar-refractivity contribution in [1.29, 1.82) is 0 Å². The van der Waals surface area contributed by atoms with Gasteiger partial charge in [-0.15, -0.1) is 0 Å². The fraction of sp³-hybridized carbons (Fsp3) is 0.550. The van der Waals surface area contributed by atoms with Crippen LogP contribution in [0.1, 0.15) is 66.4 Å². The van der Waals surface area contributed by atoms with E-state index in [2.05, 4.69) is 11.4 Å². The van der Waals surface area contributed by atoms with Gasteiger partial charge in [-0.25, -0.2) is 0 Å². The van der Waals surface area contributed by atoms with E-state index in [0.717, 1.165) is 44.1 Å². The molecule has 26 heavy (non-hydrogen) atoms. The number of aryl methyl sites for hydroxylation is 1. The normalized spacial score (nSPS) is 19.7. The van der Waals surface area contributed by atoms with Crippen molar-refractivity contribution in [2.24, 2.45) is 0 Å². The molecule has 3 amide bonds. The number of carbonyl (C=O) groups is 3. The van der Waals surface area contributed by atoms with E-state index in [0.29, 0.717) is 18.5 Å². The molecular weight excluding hydrogens is 332 g/mol. The smallest absolute Gasteiger partial charge is 0.255 e. The molecule has 3 rings (SSSR count). The van der Waals surface area contributed by atoms with Gasteiger partial charge in [-0.1, -0.05) is 31.4 Å². The lowest BCUT2D eigenvalue weighted by molar-refractivity contribution is -0.136. The molecule has 6 heteroatoms. The Morgan fingerprint density at radius 1 is 1.08 bits per heavy atom. The summed E-state index contributed by atoms with van der Waals surface area (Å²) in [6.45, 7) is 0.702. The van der Waals surface area contributed by atoms with E-state index in [4.69, 9.17) is 5.11 Å². The molecule has 0 saturated carbocycles. The SMILES string of the molecule is O=C1CCC(N2Cc3cc(CCCCCCCO)ccc3C2=O)C(=O)N1. The van der Waals surface area contributed by atoms with Crippen molar-refractivity contribution in [3.05, 3.63) is 34.9 Å². The zero-order chi connectivity index (χ0) is 18.5. The molecule has 2 aliphatic heterocycles. The van der Waals surface area contributed by atoms with Gasteiger partial charge in [0.2, 0.25) is 11.8 Å². The van der Waals surface area contributed by atoms with E-state index in [1.807, 2.05) is 12.1 Å². The van der Waals surface area contributed by atoms with Crippen molar-refractivity contribution in [3.63, 3.8) is 0 Å². The Morgan fingerprint density at radius 2 is 1.85 bits per heavy atom. The fourth-order valence-electron chi connectivity index (χ4n) is 3.75. The Morgan fingerprint density at radius 3 is 2.62 bits per heavy atom. The molecule has 6 nitrogen and oxygen atoms in total. The Balaban J connectivity index is 1.58. The van der Waals surface area contributed by atoms with Gasteiger partial charge in [0.15, 0.2) is 0 Å². The van der Waals surface area contributed by atoms with E-state index >= 15 is 0 Å². The molecule has 0 aliphatic carbocycles. The lowest BCUT2D eigenvalue weighted by atomic mass is 10.0. The summed E-state index contributed by atoms with van der Waals surface area (Å²) in [7, 11) is 0. The van der Waals surface area contributed by atoms with E-state index in [1.54, 1.807) is 4.90 Å². The van der Waals surface area contributed by atoms with Gasteiger partial charge in [0.25, 0.3) is 5.91 Å². The molecule has 2 N–H and O–H groups in total. The van der Waals surface area contributed by atoms with Crippen LogP contribution < -0.4 is 5.32 Å². The van der Waals surface area contributed by atoms with Crippen LogP contribution in [0.4, 0.5) is 0 Å². The molecule has 1 saturated heterocycles. The largest absolute Gasteiger partial charge is 0.396 e. The summed E-state index contributed by atoms with van der Waals surface area (Å²) in [6.07, 6.45) is 6.94. The lowest BCUT2D eigenvalue weighted by Gasteiger charge is -2.29. The number of aliphatic hydroxyl groups is 1. The van der Waals surface area contributed by atoms with Gasteiger partial charge in [0.05, 0.1) is 0 Å². The molecule has 2 heterocycles. The third kappa shape index (κ3) is 4.12. The van der Waals surface area contributed by atoms with Crippen molar-refractivity contribution in [2.45, 2.75) is 64.0 Å². The zero-order valence-electron chi connectivity index (χ0n) is 15.0. The lowest BCUT2D eigenvalue weighted by Crippen LogP contribution is -2.52. The standard InChI is InChI=1S/C20H26N2O4/c23-11-5-3-1-2-4-6-14-7-8-16-15(12-14)13-22(20(16)26)17-9-10-18(24)21-19(17)25/h7-8,12,17,23H,1-6,9-11,13H2,(H,21,24,25). The number of carbonyl (C=O) groups excluding carboxylic acids is 3. The molecule has 0 aromatic heterocycles. The monoisotopic (exact) mass is 358 g/mol. The van der Waals surface area contributed by atoms with E-state index < -0.39 is 6.04 Å². The molecule has 0 radical (unpaired) electrons. The van der Waals surface area contributed by atoms with Crippen molar-refractivity contribution in [1.82, 2.24) is 10.2 Å². The second-order valence-corrected chi connectivity index (χ2v) is 7.13. The maximum Gasteiger partial charge on any atom is 0.255 e. The fourth-order valence-corrected chi connectivity index (χ4v) is 3.75. The molecule has 1 fully saturated rings. The quantitative estimate of drug-likeness (QED) is 0.549. The zero-order valence-corrected chi connectivity index (χ0v) is 15.0. The number of benzene rings is 1. The third-order valence-electron chi connectivity index (χ3n) is 5.21. The van der Waals surface area contributed by atoms with Crippen molar-refractivity contribution in [2.75, 3.05) is 6.61 Å². The molecule has 1 unspecified atom stereocenters. The van der Waals surface area contributed by atoms with Gasteiger partial charge in [0.1, 0.15) is 6.04 Å². The summed E-state index contributed by atoms with van der Waals surface area (Å²) in [5.41, 5.74) is 2.85. The minimum atomic E-state index is -0.553. The number of rotatable bonds is 8. The highest BCUT2D eigenvalue weighted by Gasteiger charge is 2.38. The van der Waals surface area contributed by atoms with Crippen LogP contribution in [0.3, 0.4) is 0 Å². The maximum absolute atomic E-state index is 12.6. The minimum Gasteiger partial charge on any atom is -0.396 e. The average molecular weight is 358 g/mol. The first kappa shape index (κ1) is 18.6. The third-order valence-corrected chi connectivity index (χ3v) is 5.21. The summed E-state index contributed by atoms with van der Waals surface area (Å²) < 4.78 is 0. The number of hydrogen-bond donors (Lipinski definition) is 2. The van der Waals surface area contributed by atoms with Crippen LogP contribution >= 0.6 is 0 Å². The number of aliphatic hydroxyl groups excluding tert-OH is 1. The predicted octanol–water partition coefficient (Wildman–Crippen LogP) is 1.93. The second-order valence-electron chi connectivity index (χ2n) is 7.13. The molecule has 0 bridgehead atoms. The van der Waals surface area contributed by atoms with Crippen molar-refractivity contribution in [3.8, 4) is 0 Å². The predicted molar refractivity (Wildman–Crippen MR) is 96.4 cm³/mol. The average Bonchev–Trinajstić information content (AvgIpc) is 2.94. The Hall–Kier alpha value is -2.21. The summed E-state index contributed by atoms with van der Waals surface area (Å²) in [4.78, 5) is 37.6. The number of hydrogen-bond acceptors (Lipinski definition) is 4. The molecule has 2 aliphatic rings. The summed E-state index contributed by atoms with van der Waals surface area (Å²) in [5, 5.41) is 11.1. The van der Waals surface area contributed by atoms with Crippen LogP contribution in [-0.2, 0) is 22.6 Å². The molecule has 140 valence electrons. The number of amides is 3. The second kappa shape index (κ2) is 8.45. The molecular formula is C20H26N2O4. The van der Waals surface area contributed by atoms with Gasteiger partial charge < -0.3 is 10.0 Å². The van der Waals surface area contributed by atoms with Gasteiger partial charge in [-0.3, -0.25) is 19.7 Å². The Kier molecular flexibility index (Phi) is 6.04. The number of nitrogens with one attached hydrogen (secondary N) is 1.